The molecular formula is C19H16N4O2. The summed E-state index contributed by atoms with van der Waals surface area (Å²) in [6, 6.07) is 15.7. The Morgan fingerprint density at radius 3 is 2.76 bits per heavy atom. The highest BCUT2D eigenvalue weighted by atomic mass is 16.5. The van der Waals surface area contributed by atoms with Gasteiger partial charge < -0.3 is 14.6 Å². The molecule has 6 nitrogen and oxygen atoms in total. The van der Waals surface area contributed by atoms with Gasteiger partial charge in [0, 0.05) is 11.3 Å². The smallest absolute Gasteiger partial charge is 0.263 e. The molecule has 2 aromatic carbocycles. The van der Waals surface area contributed by atoms with E-state index >= 15 is 0 Å². The largest absolute Gasteiger partial charge is 0.497 e. The van der Waals surface area contributed by atoms with Crippen molar-refractivity contribution in [2.75, 3.05) is 12.4 Å². The Hall–Kier alpha value is -3.41. The van der Waals surface area contributed by atoms with Gasteiger partial charge in [0.2, 0.25) is 0 Å². The van der Waals surface area contributed by atoms with Crippen LogP contribution in [0.4, 0.5) is 11.5 Å². The van der Waals surface area contributed by atoms with E-state index in [0.717, 1.165) is 28.0 Å². The van der Waals surface area contributed by atoms with Crippen LogP contribution in [-0.2, 0) is 0 Å². The molecule has 0 amide bonds. The second-order valence-electron chi connectivity index (χ2n) is 5.66. The molecule has 25 heavy (non-hydrogen) atoms. The number of benzene rings is 2. The fourth-order valence-corrected chi connectivity index (χ4v) is 2.71. The molecule has 4 rings (SSSR count). The highest BCUT2D eigenvalue weighted by molar-refractivity contribution is 5.98. The Kier molecular flexibility index (Phi) is 3.78. The van der Waals surface area contributed by atoms with E-state index in [2.05, 4.69) is 20.4 Å². The van der Waals surface area contributed by atoms with Gasteiger partial charge in [0.05, 0.1) is 7.11 Å². The third-order valence-electron chi connectivity index (χ3n) is 3.90. The number of aromatic nitrogens is 3. The third kappa shape index (κ3) is 2.89. The van der Waals surface area contributed by atoms with E-state index in [1.54, 1.807) is 7.11 Å². The minimum absolute atomic E-state index is 0.433. The summed E-state index contributed by atoms with van der Waals surface area (Å²) in [5, 5.41) is 8.25. The molecule has 0 bridgehead atoms. The number of hydrogen-bond donors (Lipinski definition) is 1. The first-order chi connectivity index (χ1) is 12.2. The summed E-state index contributed by atoms with van der Waals surface area (Å²) in [4.78, 5) is 8.56. The van der Waals surface area contributed by atoms with Crippen molar-refractivity contribution >= 4 is 22.6 Å². The number of rotatable bonds is 4. The lowest BCUT2D eigenvalue weighted by atomic mass is 10.1. The number of anilines is 2. The molecule has 0 aliphatic rings. The molecule has 2 aromatic heterocycles. The van der Waals surface area contributed by atoms with Gasteiger partial charge in [-0.2, -0.15) is 4.98 Å². The summed E-state index contributed by atoms with van der Waals surface area (Å²) >= 11 is 0. The van der Waals surface area contributed by atoms with Crippen molar-refractivity contribution in [1.82, 2.24) is 15.1 Å². The summed E-state index contributed by atoms with van der Waals surface area (Å²) in [7, 11) is 1.63. The van der Waals surface area contributed by atoms with Gasteiger partial charge in [-0.3, -0.25) is 0 Å². The van der Waals surface area contributed by atoms with E-state index in [1.165, 1.54) is 6.33 Å². The molecule has 0 aliphatic heterocycles. The first kappa shape index (κ1) is 15.1. The normalized spacial score (nSPS) is 10.8. The summed E-state index contributed by atoms with van der Waals surface area (Å²) in [6.07, 6.45) is 1.46. The van der Waals surface area contributed by atoms with Crippen molar-refractivity contribution in [2.24, 2.45) is 0 Å². The lowest BCUT2D eigenvalue weighted by Gasteiger charge is -2.08. The number of fused-ring (bicyclic) bond motifs is 1. The molecule has 124 valence electrons. The first-order valence-electron chi connectivity index (χ1n) is 7.83. The van der Waals surface area contributed by atoms with Gasteiger partial charge in [-0.25, -0.2) is 4.98 Å². The van der Waals surface area contributed by atoms with Crippen LogP contribution >= 0.6 is 0 Å². The average Bonchev–Trinajstić information content (AvgIpc) is 3.07. The van der Waals surface area contributed by atoms with Crippen molar-refractivity contribution in [3.63, 3.8) is 0 Å². The van der Waals surface area contributed by atoms with Crippen LogP contribution in [0.5, 0.6) is 5.75 Å². The fourth-order valence-electron chi connectivity index (χ4n) is 2.71. The van der Waals surface area contributed by atoms with Crippen molar-refractivity contribution < 1.29 is 9.26 Å². The molecular weight excluding hydrogens is 316 g/mol. The lowest BCUT2D eigenvalue weighted by Crippen LogP contribution is -1.96. The van der Waals surface area contributed by atoms with Gasteiger partial charge in [0.15, 0.2) is 0 Å². The highest BCUT2D eigenvalue weighted by Crippen LogP contribution is 2.33. The Morgan fingerprint density at radius 1 is 1.04 bits per heavy atom. The maximum Gasteiger partial charge on any atom is 0.263 e. The maximum absolute atomic E-state index is 5.40. The van der Waals surface area contributed by atoms with E-state index < -0.39 is 0 Å². The van der Waals surface area contributed by atoms with Gasteiger partial charge in [-0.1, -0.05) is 29.4 Å². The second kappa shape index (κ2) is 6.24. The zero-order valence-electron chi connectivity index (χ0n) is 13.9. The van der Waals surface area contributed by atoms with Gasteiger partial charge in [0.1, 0.15) is 29.0 Å². The van der Waals surface area contributed by atoms with Crippen LogP contribution in [0.2, 0.25) is 0 Å². The van der Waals surface area contributed by atoms with Crippen LogP contribution in [-0.4, -0.2) is 22.2 Å². The minimum atomic E-state index is 0.433. The van der Waals surface area contributed by atoms with E-state index in [9.17, 15) is 0 Å². The standard InChI is InChI=1S/C19H16N4O2/c1-12-5-3-7-14(9-12)22-18-16-17(23-25-19(16)21-11-20-18)13-6-4-8-15(10-13)24-2/h3-11H,1-2H3,(H,20,21,22). The molecule has 0 saturated carbocycles. The number of methoxy groups -OCH3 is 1. The van der Waals surface area contributed by atoms with E-state index in [4.69, 9.17) is 9.26 Å². The molecule has 0 fully saturated rings. The van der Waals surface area contributed by atoms with Crippen LogP contribution in [0.1, 0.15) is 5.56 Å². The Morgan fingerprint density at radius 2 is 1.92 bits per heavy atom. The van der Waals surface area contributed by atoms with E-state index in [1.807, 2.05) is 55.5 Å². The SMILES string of the molecule is COc1cccc(-c2noc3ncnc(Nc4cccc(C)c4)c23)c1. The lowest BCUT2D eigenvalue weighted by molar-refractivity contribution is 0.415. The van der Waals surface area contributed by atoms with Crippen molar-refractivity contribution in [1.29, 1.82) is 0 Å². The Bertz CT molecular complexity index is 1040. The predicted molar refractivity (Wildman–Crippen MR) is 96.0 cm³/mol. The van der Waals surface area contributed by atoms with Crippen molar-refractivity contribution in [3.8, 4) is 17.0 Å². The van der Waals surface area contributed by atoms with Crippen LogP contribution in [0.25, 0.3) is 22.4 Å². The quantitative estimate of drug-likeness (QED) is 0.599. The van der Waals surface area contributed by atoms with Crippen molar-refractivity contribution in [2.45, 2.75) is 6.92 Å². The number of hydrogen-bond acceptors (Lipinski definition) is 6. The van der Waals surface area contributed by atoms with Gasteiger partial charge in [-0.15, -0.1) is 0 Å². The van der Waals surface area contributed by atoms with Gasteiger partial charge in [0.25, 0.3) is 5.71 Å². The zero-order chi connectivity index (χ0) is 17.2. The molecule has 2 heterocycles. The predicted octanol–water partition coefficient (Wildman–Crippen LogP) is 4.35. The number of nitrogens with zero attached hydrogens (tertiary/aromatic N) is 3. The highest BCUT2D eigenvalue weighted by Gasteiger charge is 2.17. The number of nitrogens with one attached hydrogen (secondary N) is 1. The van der Waals surface area contributed by atoms with Gasteiger partial charge >= 0.3 is 0 Å². The number of aryl methyl sites for hydroxylation is 1. The zero-order valence-corrected chi connectivity index (χ0v) is 13.9. The van der Waals surface area contributed by atoms with E-state index in [0.29, 0.717) is 17.2 Å². The Balaban J connectivity index is 1.84. The summed E-state index contributed by atoms with van der Waals surface area (Å²) in [6.45, 7) is 2.04. The van der Waals surface area contributed by atoms with E-state index in [-0.39, 0.29) is 0 Å². The van der Waals surface area contributed by atoms with Crippen LogP contribution in [0.15, 0.2) is 59.4 Å². The summed E-state index contributed by atoms with van der Waals surface area (Å²) < 4.78 is 10.7. The maximum atomic E-state index is 5.40. The number of ether oxygens (including phenoxy) is 1. The Labute approximate surface area is 144 Å². The average molecular weight is 332 g/mol. The van der Waals surface area contributed by atoms with Gasteiger partial charge in [-0.05, 0) is 36.8 Å². The molecule has 0 aliphatic carbocycles. The molecule has 0 atom stereocenters. The molecule has 0 spiro atoms. The fraction of sp³-hybridized carbons (Fsp3) is 0.105. The molecule has 0 radical (unpaired) electrons. The second-order valence-corrected chi connectivity index (χ2v) is 5.66. The van der Waals surface area contributed by atoms with Crippen molar-refractivity contribution in [3.05, 3.63) is 60.4 Å². The molecule has 0 unspecified atom stereocenters. The van der Waals surface area contributed by atoms with Crippen LogP contribution in [0.3, 0.4) is 0 Å². The molecule has 0 saturated heterocycles. The minimum Gasteiger partial charge on any atom is -0.497 e. The first-order valence-corrected chi connectivity index (χ1v) is 7.83. The van der Waals surface area contributed by atoms with Crippen LogP contribution < -0.4 is 10.1 Å². The monoisotopic (exact) mass is 332 g/mol. The van der Waals surface area contributed by atoms with Crippen LogP contribution in [0, 0.1) is 6.92 Å². The molecule has 6 heteroatoms. The summed E-state index contributed by atoms with van der Waals surface area (Å²) in [5.41, 5.74) is 4.08. The molecule has 1 N–H and O–H groups in total. The molecule has 4 aromatic rings. The third-order valence-corrected chi connectivity index (χ3v) is 3.90. The summed E-state index contributed by atoms with van der Waals surface area (Å²) in [5.74, 6) is 1.40. The topological polar surface area (TPSA) is 73.1 Å².